The van der Waals surface area contributed by atoms with Crippen LogP contribution in [0.15, 0.2) is 48.5 Å². The van der Waals surface area contributed by atoms with Gasteiger partial charge in [-0.3, -0.25) is 0 Å². The number of rotatable bonds is 2. The molecule has 0 aliphatic carbocycles. The fourth-order valence-corrected chi connectivity index (χ4v) is 1.31. The molecule has 2 N–H and O–H groups in total. The number of ether oxygens (including phenoxy) is 1. The summed E-state index contributed by atoms with van der Waals surface area (Å²) in [5.74, 6) is -0.168. The Bertz CT molecular complexity index is 531. The van der Waals surface area contributed by atoms with Crippen LogP contribution in [0.25, 0.3) is 0 Å². The molecule has 0 bridgehead atoms. The van der Waals surface area contributed by atoms with Crippen LogP contribution in [-0.2, 0) is 0 Å². The first-order valence-corrected chi connectivity index (χ1v) is 4.95. The molecule has 0 amide bonds. The number of carbonyl (C=O) groups excluding carboxylic acids is 1. The Balaban J connectivity index is 2.14. The molecular weight excluding hydrogens is 220 g/mol. The predicted octanol–water partition coefficient (Wildman–Crippen LogP) is 2.32. The summed E-state index contributed by atoms with van der Waals surface area (Å²) in [6.07, 6.45) is 0. The first-order chi connectivity index (χ1) is 8.15. The fourth-order valence-electron chi connectivity index (χ4n) is 1.31. The molecule has 2 aromatic carbocycles. The molecule has 4 nitrogen and oxygen atoms in total. The largest absolute Gasteiger partial charge is 0.508 e. The second-order valence-corrected chi connectivity index (χ2v) is 3.43. The molecule has 0 spiro atoms. The van der Waals surface area contributed by atoms with E-state index in [9.17, 15) is 9.90 Å². The van der Waals surface area contributed by atoms with Crippen LogP contribution in [0.1, 0.15) is 10.4 Å². The minimum Gasteiger partial charge on any atom is -0.508 e. The molecule has 2 rings (SSSR count). The number of phenols is 2. The first-order valence-electron chi connectivity index (χ1n) is 4.95. The van der Waals surface area contributed by atoms with Crippen LogP contribution in [0.4, 0.5) is 0 Å². The summed E-state index contributed by atoms with van der Waals surface area (Å²) in [6, 6.07) is 11.7. The van der Waals surface area contributed by atoms with Crippen molar-refractivity contribution in [3.05, 3.63) is 54.1 Å². The molecule has 0 aromatic heterocycles. The molecule has 4 heteroatoms. The number of hydrogen-bond donors (Lipinski definition) is 2. The maximum absolute atomic E-state index is 11.7. The van der Waals surface area contributed by atoms with Gasteiger partial charge in [-0.05, 0) is 36.4 Å². The number of aromatic hydroxyl groups is 2. The van der Waals surface area contributed by atoms with Gasteiger partial charge in [-0.15, -0.1) is 0 Å². The summed E-state index contributed by atoms with van der Waals surface area (Å²) in [4.78, 5) is 11.7. The Labute approximate surface area is 97.7 Å². The molecule has 0 atom stereocenters. The highest BCUT2D eigenvalue weighted by atomic mass is 16.5. The highest BCUT2D eigenvalue weighted by Crippen LogP contribution is 2.19. The van der Waals surface area contributed by atoms with E-state index in [4.69, 9.17) is 9.84 Å². The van der Waals surface area contributed by atoms with E-state index in [1.807, 2.05) is 0 Å². The lowest BCUT2D eigenvalue weighted by atomic mass is 10.2. The van der Waals surface area contributed by atoms with Crippen molar-refractivity contribution >= 4 is 5.97 Å². The lowest BCUT2D eigenvalue weighted by Gasteiger charge is -2.04. The number of hydrogen-bond acceptors (Lipinski definition) is 4. The van der Waals surface area contributed by atoms with Crippen LogP contribution in [0.5, 0.6) is 17.2 Å². The molecule has 86 valence electrons. The molecule has 17 heavy (non-hydrogen) atoms. The Morgan fingerprint density at radius 1 is 0.941 bits per heavy atom. The molecule has 0 heterocycles. The molecule has 2 aromatic rings. The Morgan fingerprint density at radius 3 is 2.29 bits per heavy atom. The van der Waals surface area contributed by atoms with E-state index in [0.717, 1.165) is 0 Å². The van der Waals surface area contributed by atoms with E-state index in [-0.39, 0.29) is 17.2 Å². The van der Waals surface area contributed by atoms with Crippen molar-refractivity contribution < 1.29 is 19.7 Å². The fraction of sp³-hybridized carbons (Fsp3) is 0. The van der Waals surface area contributed by atoms with Gasteiger partial charge in [0.25, 0.3) is 0 Å². The number of phenolic OH excluding ortho intramolecular Hbond substituents is 2. The van der Waals surface area contributed by atoms with Gasteiger partial charge in [0.05, 0.1) is 5.56 Å². The molecular formula is C13H10O4. The first kappa shape index (κ1) is 11.0. The smallest absolute Gasteiger partial charge is 0.343 e. The lowest BCUT2D eigenvalue weighted by Crippen LogP contribution is -2.07. The van der Waals surface area contributed by atoms with Gasteiger partial charge in [0, 0.05) is 6.07 Å². The van der Waals surface area contributed by atoms with Crippen molar-refractivity contribution in [2.24, 2.45) is 0 Å². The quantitative estimate of drug-likeness (QED) is 0.613. The highest BCUT2D eigenvalue weighted by Gasteiger charge is 2.08. The topological polar surface area (TPSA) is 66.8 Å². The summed E-state index contributed by atoms with van der Waals surface area (Å²) in [5, 5.41) is 18.3. The van der Waals surface area contributed by atoms with Crippen LogP contribution in [-0.4, -0.2) is 16.2 Å². The van der Waals surface area contributed by atoms with Gasteiger partial charge in [0.15, 0.2) is 0 Å². The maximum atomic E-state index is 11.7. The van der Waals surface area contributed by atoms with Gasteiger partial charge in [0.1, 0.15) is 17.2 Å². The summed E-state index contributed by atoms with van der Waals surface area (Å²) in [7, 11) is 0. The van der Waals surface area contributed by atoms with Crippen molar-refractivity contribution in [3.8, 4) is 17.2 Å². The highest BCUT2D eigenvalue weighted by molar-refractivity contribution is 5.91. The van der Waals surface area contributed by atoms with Crippen molar-refractivity contribution in [1.82, 2.24) is 0 Å². The number of esters is 1. The monoisotopic (exact) mass is 230 g/mol. The van der Waals surface area contributed by atoms with Crippen molar-refractivity contribution in [3.63, 3.8) is 0 Å². The van der Waals surface area contributed by atoms with E-state index in [1.165, 1.54) is 36.4 Å². The predicted molar refractivity (Wildman–Crippen MR) is 61.2 cm³/mol. The third kappa shape index (κ3) is 2.75. The van der Waals surface area contributed by atoms with Gasteiger partial charge in [-0.1, -0.05) is 6.07 Å². The molecule has 0 saturated carbocycles. The third-order valence-electron chi connectivity index (χ3n) is 2.13. The molecule has 0 radical (unpaired) electrons. The third-order valence-corrected chi connectivity index (χ3v) is 2.13. The minimum atomic E-state index is -0.546. The van der Waals surface area contributed by atoms with E-state index >= 15 is 0 Å². The van der Waals surface area contributed by atoms with E-state index in [1.54, 1.807) is 12.1 Å². The van der Waals surface area contributed by atoms with Gasteiger partial charge >= 0.3 is 5.97 Å². The second kappa shape index (κ2) is 4.57. The van der Waals surface area contributed by atoms with Crippen molar-refractivity contribution in [2.75, 3.05) is 0 Å². The second-order valence-electron chi connectivity index (χ2n) is 3.43. The Hall–Kier alpha value is -2.49. The van der Waals surface area contributed by atoms with E-state index in [0.29, 0.717) is 5.56 Å². The molecule has 0 aliphatic heterocycles. The van der Waals surface area contributed by atoms with Crippen LogP contribution in [0, 0.1) is 0 Å². The van der Waals surface area contributed by atoms with Crippen molar-refractivity contribution in [2.45, 2.75) is 0 Å². The van der Waals surface area contributed by atoms with Gasteiger partial charge < -0.3 is 14.9 Å². The number of benzene rings is 2. The Kier molecular flexibility index (Phi) is 2.96. The van der Waals surface area contributed by atoms with Gasteiger partial charge in [-0.25, -0.2) is 4.79 Å². The summed E-state index contributed by atoms with van der Waals surface area (Å²) in [5.41, 5.74) is 0.325. The SMILES string of the molecule is O=C(Oc1cccc(O)c1)c1ccc(O)cc1. The zero-order chi connectivity index (χ0) is 12.3. The summed E-state index contributed by atoms with van der Waals surface area (Å²) >= 11 is 0. The molecule has 0 fully saturated rings. The average Bonchev–Trinajstić information content (AvgIpc) is 2.29. The summed E-state index contributed by atoms with van der Waals surface area (Å²) in [6.45, 7) is 0. The van der Waals surface area contributed by atoms with Crippen LogP contribution in [0.3, 0.4) is 0 Å². The standard InChI is InChI=1S/C13H10O4/c14-10-6-4-9(5-7-10)13(16)17-12-3-1-2-11(15)8-12/h1-8,14-15H. The number of carbonyl (C=O) groups is 1. The van der Waals surface area contributed by atoms with E-state index < -0.39 is 5.97 Å². The summed E-state index contributed by atoms with van der Waals surface area (Å²) < 4.78 is 5.04. The molecule has 0 unspecified atom stereocenters. The van der Waals surface area contributed by atoms with Crippen LogP contribution < -0.4 is 4.74 Å². The average molecular weight is 230 g/mol. The van der Waals surface area contributed by atoms with Crippen LogP contribution >= 0.6 is 0 Å². The van der Waals surface area contributed by atoms with Crippen LogP contribution in [0.2, 0.25) is 0 Å². The maximum Gasteiger partial charge on any atom is 0.343 e. The molecule has 0 saturated heterocycles. The van der Waals surface area contributed by atoms with E-state index in [2.05, 4.69) is 0 Å². The lowest BCUT2D eigenvalue weighted by molar-refractivity contribution is 0.0734. The molecule has 0 aliphatic rings. The normalized spacial score (nSPS) is 9.88. The van der Waals surface area contributed by atoms with Gasteiger partial charge in [-0.2, -0.15) is 0 Å². The Morgan fingerprint density at radius 2 is 1.65 bits per heavy atom. The zero-order valence-electron chi connectivity index (χ0n) is 8.83. The zero-order valence-corrected chi connectivity index (χ0v) is 8.83. The van der Waals surface area contributed by atoms with Crippen molar-refractivity contribution in [1.29, 1.82) is 0 Å². The minimum absolute atomic E-state index is 0.0287. The van der Waals surface area contributed by atoms with Gasteiger partial charge in [0.2, 0.25) is 0 Å².